The summed E-state index contributed by atoms with van der Waals surface area (Å²) in [5.74, 6) is 3.95. The molecule has 8 nitrogen and oxygen atoms in total. The minimum Gasteiger partial charge on any atom is -0.480 e. The first-order valence-corrected chi connectivity index (χ1v) is 9.90. The highest BCUT2D eigenvalue weighted by Crippen LogP contribution is 2.18. The Morgan fingerprint density at radius 1 is 1.11 bits per heavy atom. The molecule has 1 aliphatic heterocycles. The average molecular weight is 405 g/mol. The van der Waals surface area contributed by atoms with Crippen LogP contribution in [-0.2, 0) is 14.6 Å². The van der Waals surface area contributed by atoms with Crippen LogP contribution in [0.15, 0.2) is 47.4 Å². The van der Waals surface area contributed by atoms with Gasteiger partial charge in [0.25, 0.3) is 0 Å². The molecular weight excluding hydrogens is 389 g/mol. The number of sulfone groups is 1. The summed E-state index contributed by atoms with van der Waals surface area (Å²) in [5.41, 5.74) is 8.36. The van der Waals surface area contributed by atoms with Crippen LogP contribution in [0.3, 0.4) is 0 Å². The molecule has 2 atom stereocenters. The molecule has 2 aromatic carbocycles. The lowest BCUT2D eigenvalue weighted by Crippen LogP contribution is -2.44. The van der Waals surface area contributed by atoms with Crippen molar-refractivity contribution >= 4 is 15.8 Å². The predicted molar refractivity (Wildman–Crippen MR) is 97.2 cm³/mol. The van der Waals surface area contributed by atoms with Crippen molar-refractivity contribution in [1.82, 2.24) is 16.4 Å². The quantitative estimate of drug-likeness (QED) is 0.540. The first-order chi connectivity index (χ1) is 13.2. The van der Waals surface area contributed by atoms with Gasteiger partial charge in [-0.1, -0.05) is 11.8 Å². The number of carboxylic acid groups (broad SMARTS) is 1. The summed E-state index contributed by atoms with van der Waals surface area (Å²) in [6.07, 6.45) is 0.157. The normalized spacial score (nSPS) is 18.9. The molecule has 1 heterocycles. The lowest BCUT2D eigenvalue weighted by atomic mass is 10.1. The summed E-state index contributed by atoms with van der Waals surface area (Å²) < 4.78 is 42.3. The van der Waals surface area contributed by atoms with Crippen LogP contribution in [0.1, 0.15) is 11.1 Å². The molecule has 0 bridgehead atoms. The highest BCUT2D eigenvalue weighted by Gasteiger charge is 2.34. The number of hydrazine groups is 2. The molecule has 1 saturated heterocycles. The summed E-state index contributed by atoms with van der Waals surface area (Å²) >= 11 is 0. The van der Waals surface area contributed by atoms with Gasteiger partial charge in [-0.15, -0.1) is 0 Å². The lowest BCUT2D eigenvalue weighted by Gasteiger charge is -2.16. The van der Waals surface area contributed by atoms with Gasteiger partial charge in [0.1, 0.15) is 11.6 Å². The van der Waals surface area contributed by atoms with Gasteiger partial charge < -0.3 is 9.84 Å². The first-order valence-electron chi connectivity index (χ1n) is 8.01. The fourth-order valence-corrected chi connectivity index (χ4v) is 3.05. The van der Waals surface area contributed by atoms with E-state index in [1.807, 2.05) is 0 Å². The molecule has 146 valence electrons. The van der Waals surface area contributed by atoms with E-state index in [1.54, 1.807) is 12.1 Å². The monoisotopic (exact) mass is 405 g/mol. The molecule has 2 aromatic rings. The van der Waals surface area contributed by atoms with E-state index in [-0.39, 0.29) is 10.6 Å². The van der Waals surface area contributed by atoms with Crippen LogP contribution >= 0.6 is 0 Å². The van der Waals surface area contributed by atoms with Crippen LogP contribution in [0.5, 0.6) is 5.75 Å². The highest BCUT2D eigenvalue weighted by atomic mass is 32.2. The summed E-state index contributed by atoms with van der Waals surface area (Å²) in [7, 11) is -3.29. The van der Waals surface area contributed by atoms with Gasteiger partial charge in [0.05, 0.1) is 4.90 Å². The van der Waals surface area contributed by atoms with E-state index >= 15 is 0 Å². The van der Waals surface area contributed by atoms with Gasteiger partial charge in [-0.25, -0.2) is 23.7 Å². The molecule has 1 aliphatic rings. The first kappa shape index (κ1) is 19.8. The van der Waals surface area contributed by atoms with E-state index < -0.39 is 33.9 Å². The van der Waals surface area contributed by atoms with Gasteiger partial charge in [0, 0.05) is 23.4 Å². The molecule has 0 aliphatic carbocycles. The Bertz CT molecular complexity index is 1060. The van der Waals surface area contributed by atoms with Crippen LogP contribution in [0.25, 0.3) is 0 Å². The van der Waals surface area contributed by atoms with E-state index in [9.17, 15) is 17.6 Å². The van der Waals surface area contributed by atoms with Crippen molar-refractivity contribution < 1.29 is 27.4 Å². The molecule has 3 rings (SSSR count). The van der Waals surface area contributed by atoms with Crippen LogP contribution < -0.4 is 21.1 Å². The van der Waals surface area contributed by atoms with Crippen molar-refractivity contribution in [2.75, 3.05) is 6.26 Å². The van der Waals surface area contributed by atoms with Gasteiger partial charge in [-0.3, -0.25) is 4.79 Å². The standard InChI is InChI=1S/C18H16FN3O5S/c1-28(25,26)15-6-4-11(5-7-15)2-3-12-8-13(19)10-14(9-12)27-17-16(18(23)24)20-22-21-17/h4-10,16-17,20-22H,1H3,(H,23,24). The molecule has 0 radical (unpaired) electrons. The third kappa shape index (κ3) is 4.85. The van der Waals surface area contributed by atoms with Crippen LogP contribution in [0.2, 0.25) is 0 Å². The molecule has 0 aromatic heterocycles. The fourth-order valence-electron chi connectivity index (χ4n) is 2.42. The number of hydrogen-bond acceptors (Lipinski definition) is 7. The minimum atomic E-state index is -3.29. The molecule has 4 N–H and O–H groups in total. The molecule has 0 saturated carbocycles. The van der Waals surface area contributed by atoms with Crippen LogP contribution in [0.4, 0.5) is 4.39 Å². The average Bonchev–Trinajstić information content (AvgIpc) is 3.07. The van der Waals surface area contributed by atoms with Gasteiger partial charge in [0.15, 0.2) is 22.1 Å². The number of benzene rings is 2. The maximum absolute atomic E-state index is 13.9. The SMILES string of the molecule is CS(=O)(=O)c1ccc(C#Cc2cc(F)cc(OC3NNNC3C(=O)O)c2)cc1. The molecule has 0 spiro atoms. The maximum Gasteiger partial charge on any atom is 0.327 e. The number of rotatable bonds is 4. The second kappa shape index (κ2) is 7.95. The van der Waals surface area contributed by atoms with Crippen molar-refractivity contribution in [3.05, 3.63) is 59.4 Å². The molecular formula is C18H16FN3O5S. The Hall–Kier alpha value is -2.97. The van der Waals surface area contributed by atoms with E-state index in [4.69, 9.17) is 9.84 Å². The molecule has 28 heavy (non-hydrogen) atoms. The zero-order valence-electron chi connectivity index (χ0n) is 14.6. The summed E-state index contributed by atoms with van der Waals surface area (Å²) in [6, 6.07) is 8.72. The lowest BCUT2D eigenvalue weighted by molar-refractivity contribution is -0.141. The summed E-state index contributed by atoms with van der Waals surface area (Å²) in [5, 5.41) is 9.09. The summed E-state index contributed by atoms with van der Waals surface area (Å²) in [6.45, 7) is 0. The molecule has 2 unspecified atom stereocenters. The van der Waals surface area contributed by atoms with Gasteiger partial charge >= 0.3 is 5.97 Å². The Morgan fingerprint density at radius 2 is 1.79 bits per heavy atom. The number of halogens is 1. The van der Waals surface area contributed by atoms with Crippen molar-refractivity contribution in [3.63, 3.8) is 0 Å². The number of carbonyl (C=O) groups is 1. The molecule has 10 heteroatoms. The third-order valence-corrected chi connectivity index (χ3v) is 4.91. The molecule has 0 amide bonds. The van der Waals surface area contributed by atoms with Crippen LogP contribution in [0, 0.1) is 17.7 Å². The third-order valence-electron chi connectivity index (χ3n) is 3.78. The number of hydrogen-bond donors (Lipinski definition) is 4. The number of ether oxygens (including phenoxy) is 1. The topological polar surface area (TPSA) is 117 Å². The fraction of sp³-hybridized carbons (Fsp3) is 0.167. The number of carboxylic acids is 1. The second-order valence-corrected chi connectivity index (χ2v) is 8.01. The van der Waals surface area contributed by atoms with Gasteiger partial charge in [-0.05, 0) is 36.4 Å². The molecule has 1 fully saturated rings. The summed E-state index contributed by atoms with van der Waals surface area (Å²) in [4.78, 5) is 11.3. The van der Waals surface area contributed by atoms with Crippen molar-refractivity contribution in [3.8, 4) is 17.6 Å². The Kier molecular flexibility index (Phi) is 5.62. The number of nitrogens with one attached hydrogen (secondary N) is 3. The van der Waals surface area contributed by atoms with E-state index in [0.717, 1.165) is 12.3 Å². The largest absolute Gasteiger partial charge is 0.480 e. The van der Waals surface area contributed by atoms with Gasteiger partial charge in [-0.2, -0.15) is 5.53 Å². The minimum absolute atomic E-state index is 0.103. The second-order valence-electron chi connectivity index (χ2n) is 5.99. The Balaban J connectivity index is 1.79. The van der Waals surface area contributed by atoms with Gasteiger partial charge in [0.2, 0.25) is 0 Å². The van der Waals surface area contributed by atoms with E-state index in [2.05, 4.69) is 28.2 Å². The van der Waals surface area contributed by atoms with E-state index in [1.165, 1.54) is 24.3 Å². The Morgan fingerprint density at radius 3 is 2.43 bits per heavy atom. The van der Waals surface area contributed by atoms with Crippen molar-refractivity contribution in [1.29, 1.82) is 0 Å². The predicted octanol–water partition coefficient (Wildman–Crippen LogP) is 0.400. The van der Waals surface area contributed by atoms with E-state index in [0.29, 0.717) is 11.1 Å². The van der Waals surface area contributed by atoms with Crippen molar-refractivity contribution in [2.45, 2.75) is 17.2 Å². The zero-order chi connectivity index (χ0) is 20.3. The number of aliphatic carboxylic acids is 1. The highest BCUT2D eigenvalue weighted by molar-refractivity contribution is 7.90. The Labute approximate surface area is 160 Å². The van der Waals surface area contributed by atoms with Crippen molar-refractivity contribution in [2.24, 2.45) is 0 Å². The van der Waals surface area contributed by atoms with Crippen LogP contribution in [-0.4, -0.2) is 38.0 Å². The maximum atomic E-state index is 13.9. The smallest absolute Gasteiger partial charge is 0.327 e. The zero-order valence-corrected chi connectivity index (χ0v) is 15.4.